The van der Waals surface area contributed by atoms with E-state index < -0.39 is 0 Å². The standard InChI is InChI=1S/C16H13BrClFO2/c1-20-14-3-2-9(7-13(14)19)15(17)12-8-11(18)6-10-4-5-21-16(10)12/h2-3,6-8,15H,4-5H2,1H3. The van der Waals surface area contributed by atoms with Crippen LogP contribution in [0.15, 0.2) is 30.3 Å². The summed E-state index contributed by atoms with van der Waals surface area (Å²) in [6.45, 7) is 0.652. The predicted molar refractivity (Wildman–Crippen MR) is 84.4 cm³/mol. The Bertz CT molecular complexity index is 690. The summed E-state index contributed by atoms with van der Waals surface area (Å²) >= 11 is 9.78. The minimum absolute atomic E-state index is 0.191. The second-order valence-electron chi connectivity index (χ2n) is 4.84. The molecule has 2 aromatic carbocycles. The number of hydrogen-bond donors (Lipinski definition) is 0. The van der Waals surface area contributed by atoms with Gasteiger partial charge in [0.25, 0.3) is 0 Å². The fourth-order valence-electron chi connectivity index (χ4n) is 2.51. The highest BCUT2D eigenvalue weighted by Gasteiger charge is 2.23. The van der Waals surface area contributed by atoms with Crippen molar-refractivity contribution in [3.63, 3.8) is 0 Å². The van der Waals surface area contributed by atoms with E-state index in [0.717, 1.165) is 28.9 Å². The first kappa shape index (κ1) is 14.7. The zero-order chi connectivity index (χ0) is 15.0. The molecule has 5 heteroatoms. The van der Waals surface area contributed by atoms with Gasteiger partial charge in [0.1, 0.15) is 5.75 Å². The second-order valence-corrected chi connectivity index (χ2v) is 6.19. The Morgan fingerprint density at radius 1 is 1.33 bits per heavy atom. The quantitative estimate of drug-likeness (QED) is 0.714. The molecule has 0 fully saturated rings. The number of hydrogen-bond acceptors (Lipinski definition) is 2. The first-order valence-corrected chi connectivity index (χ1v) is 7.82. The van der Waals surface area contributed by atoms with Crippen LogP contribution in [0, 0.1) is 5.82 Å². The minimum Gasteiger partial charge on any atom is -0.494 e. The van der Waals surface area contributed by atoms with Gasteiger partial charge in [-0.15, -0.1) is 0 Å². The van der Waals surface area contributed by atoms with Crippen molar-refractivity contribution in [2.45, 2.75) is 11.2 Å². The van der Waals surface area contributed by atoms with Gasteiger partial charge >= 0.3 is 0 Å². The fourth-order valence-corrected chi connectivity index (χ4v) is 3.38. The molecule has 0 saturated heterocycles. The molecule has 0 saturated carbocycles. The average Bonchev–Trinajstić information content (AvgIpc) is 2.93. The van der Waals surface area contributed by atoms with Crippen molar-refractivity contribution >= 4 is 27.5 Å². The van der Waals surface area contributed by atoms with Crippen LogP contribution in [0.25, 0.3) is 0 Å². The summed E-state index contributed by atoms with van der Waals surface area (Å²) in [4.78, 5) is -0.191. The number of fused-ring (bicyclic) bond motifs is 1. The van der Waals surface area contributed by atoms with Crippen molar-refractivity contribution in [3.8, 4) is 11.5 Å². The van der Waals surface area contributed by atoms with Crippen molar-refractivity contribution in [1.82, 2.24) is 0 Å². The Hall–Kier alpha value is -1.26. The summed E-state index contributed by atoms with van der Waals surface area (Å²) in [7, 11) is 1.45. The van der Waals surface area contributed by atoms with Gasteiger partial charge in [0.2, 0.25) is 0 Å². The van der Waals surface area contributed by atoms with E-state index in [1.54, 1.807) is 6.07 Å². The smallest absolute Gasteiger partial charge is 0.165 e. The van der Waals surface area contributed by atoms with Crippen molar-refractivity contribution in [3.05, 3.63) is 57.9 Å². The third-order valence-corrected chi connectivity index (χ3v) is 4.76. The molecule has 0 spiro atoms. The highest BCUT2D eigenvalue weighted by atomic mass is 79.9. The Balaban J connectivity index is 2.03. The van der Waals surface area contributed by atoms with Crippen LogP contribution in [-0.2, 0) is 6.42 Å². The highest BCUT2D eigenvalue weighted by Crippen LogP contribution is 2.42. The summed E-state index contributed by atoms with van der Waals surface area (Å²) < 4.78 is 24.5. The van der Waals surface area contributed by atoms with E-state index in [9.17, 15) is 4.39 Å². The maximum atomic E-state index is 13.9. The van der Waals surface area contributed by atoms with E-state index in [0.29, 0.717) is 11.6 Å². The van der Waals surface area contributed by atoms with Crippen molar-refractivity contribution in [2.75, 3.05) is 13.7 Å². The van der Waals surface area contributed by atoms with E-state index in [1.165, 1.54) is 13.2 Å². The molecule has 0 N–H and O–H groups in total. The molecule has 3 rings (SSSR count). The molecule has 1 atom stereocenters. The SMILES string of the molecule is COc1ccc(C(Br)c2cc(Cl)cc3c2OCC3)cc1F. The van der Waals surface area contributed by atoms with Gasteiger partial charge < -0.3 is 9.47 Å². The Morgan fingerprint density at radius 2 is 2.14 bits per heavy atom. The molecule has 0 bridgehead atoms. The largest absolute Gasteiger partial charge is 0.494 e. The van der Waals surface area contributed by atoms with Gasteiger partial charge in [-0.25, -0.2) is 4.39 Å². The molecule has 0 aliphatic carbocycles. The van der Waals surface area contributed by atoms with Gasteiger partial charge in [0.15, 0.2) is 11.6 Å². The van der Waals surface area contributed by atoms with Gasteiger partial charge in [-0.3, -0.25) is 0 Å². The average molecular weight is 372 g/mol. The van der Waals surface area contributed by atoms with Gasteiger partial charge in [0, 0.05) is 17.0 Å². The van der Waals surface area contributed by atoms with Crippen LogP contribution in [0.1, 0.15) is 21.5 Å². The number of methoxy groups -OCH3 is 1. The molecule has 110 valence electrons. The zero-order valence-corrected chi connectivity index (χ0v) is 13.7. The van der Waals surface area contributed by atoms with Gasteiger partial charge in [-0.1, -0.05) is 33.6 Å². The summed E-state index contributed by atoms with van der Waals surface area (Å²) in [6, 6.07) is 8.67. The summed E-state index contributed by atoms with van der Waals surface area (Å²) in [5, 5.41) is 0.660. The van der Waals surface area contributed by atoms with Crippen LogP contribution < -0.4 is 9.47 Å². The van der Waals surface area contributed by atoms with Crippen LogP contribution in [0.4, 0.5) is 4.39 Å². The first-order chi connectivity index (χ1) is 10.1. The number of alkyl halides is 1. The van der Waals surface area contributed by atoms with E-state index in [-0.39, 0.29) is 16.4 Å². The molecular formula is C16H13BrClFO2. The van der Waals surface area contributed by atoms with Crippen molar-refractivity contribution in [1.29, 1.82) is 0 Å². The summed E-state index contributed by atoms with van der Waals surface area (Å²) in [5.41, 5.74) is 2.80. The maximum Gasteiger partial charge on any atom is 0.165 e. The minimum atomic E-state index is -0.390. The monoisotopic (exact) mass is 370 g/mol. The van der Waals surface area contributed by atoms with E-state index in [2.05, 4.69) is 15.9 Å². The number of halogens is 3. The van der Waals surface area contributed by atoms with Crippen LogP contribution in [0.5, 0.6) is 11.5 Å². The molecule has 0 amide bonds. The fraction of sp³-hybridized carbons (Fsp3) is 0.250. The van der Waals surface area contributed by atoms with Crippen LogP contribution in [-0.4, -0.2) is 13.7 Å². The zero-order valence-electron chi connectivity index (χ0n) is 11.3. The maximum absolute atomic E-state index is 13.9. The third kappa shape index (κ3) is 2.74. The first-order valence-electron chi connectivity index (χ1n) is 6.52. The Kier molecular flexibility index (Phi) is 4.09. The van der Waals surface area contributed by atoms with Gasteiger partial charge in [-0.05, 0) is 35.4 Å². The molecule has 0 aromatic heterocycles. The predicted octanol–water partition coefficient (Wildman–Crippen LogP) is 4.91. The normalized spacial score (nSPS) is 14.5. The lowest BCUT2D eigenvalue weighted by atomic mass is 10.0. The van der Waals surface area contributed by atoms with Crippen molar-refractivity contribution in [2.24, 2.45) is 0 Å². The number of benzene rings is 2. The molecule has 21 heavy (non-hydrogen) atoms. The molecule has 1 unspecified atom stereocenters. The summed E-state index contributed by atoms with van der Waals surface area (Å²) in [5.74, 6) is 0.683. The van der Waals surface area contributed by atoms with Crippen LogP contribution >= 0.6 is 27.5 Å². The highest BCUT2D eigenvalue weighted by molar-refractivity contribution is 9.09. The lowest BCUT2D eigenvalue weighted by Gasteiger charge is -2.16. The van der Waals surface area contributed by atoms with E-state index >= 15 is 0 Å². The Labute approximate surface area is 136 Å². The van der Waals surface area contributed by atoms with Gasteiger partial charge in [0.05, 0.1) is 18.5 Å². The van der Waals surface area contributed by atoms with Crippen LogP contribution in [0.3, 0.4) is 0 Å². The third-order valence-electron chi connectivity index (χ3n) is 3.52. The number of rotatable bonds is 3. The lowest BCUT2D eigenvalue weighted by molar-refractivity contribution is 0.354. The molecule has 1 heterocycles. The number of ether oxygens (including phenoxy) is 2. The topological polar surface area (TPSA) is 18.5 Å². The Morgan fingerprint density at radius 3 is 2.86 bits per heavy atom. The molecular weight excluding hydrogens is 359 g/mol. The molecule has 1 aliphatic rings. The van der Waals surface area contributed by atoms with Crippen LogP contribution in [0.2, 0.25) is 5.02 Å². The molecule has 2 nitrogen and oxygen atoms in total. The molecule has 1 aliphatic heterocycles. The van der Waals surface area contributed by atoms with Crippen molar-refractivity contribution < 1.29 is 13.9 Å². The molecule has 2 aromatic rings. The van der Waals surface area contributed by atoms with Gasteiger partial charge in [-0.2, -0.15) is 0 Å². The summed E-state index contributed by atoms with van der Waals surface area (Å²) in [6.07, 6.45) is 0.847. The van der Waals surface area contributed by atoms with E-state index in [4.69, 9.17) is 21.1 Å². The molecule has 0 radical (unpaired) electrons. The lowest BCUT2D eigenvalue weighted by Crippen LogP contribution is -1.98. The van der Waals surface area contributed by atoms with E-state index in [1.807, 2.05) is 18.2 Å². The second kappa shape index (κ2) is 5.85.